The molecule has 0 aromatic heterocycles. The predicted octanol–water partition coefficient (Wildman–Crippen LogP) is 1.30. The van der Waals surface area contributed by atoms with E-state index in [4.69, 9.17) is 14.6 Å². The first kappa shape index (κ1) is 14.8. The van der Waals surface area contributed by atoms with E-state index in [1.54, 1.807) is 12.1 Å². The summed E-state index contributed by atoms with van der Waals surface area (Å²) in [6.45, 7) is 3.65. The Hall–Kier alpha value is -2.24. The molecular formula is C13H17NO5. The van der Waals surface area contributed by atoms with Gasteiger partial charge in [-0.05, 0) is 32.0 Å². The number of rotatable bonds is 6. The summed E-state index contributed by atoms with van der Waals surface area (Å²) in [7, 11) is 1.50. The summed E-state index contributed by atoms with van der Waals surface area (Å²) in [5.74, 6) is -0.601. The van der Waals surface area contributed by atoms with E-state index in [0.29, 0.717) is 23.7 Å². The number of amides is 1. The summed E-state index contributed by atoms with van der Waals surface area (Å²) in [5.41, 5.74) is 0.317. The molecule has 104 valence electrons. The van der Waals surface area contributed by atoms with E-state index < -0.39 is 17.9 Å². The monoisotopic (exact) mass is 267 g/mol. The molecule has 0 aliphatic rings. The normalized spacial score (nSPS) is 11.5. The van der Waals surface area contributed by atoms with Gasteiger partial charge in [-0.15, -0.1) is 0 Å². The average Bonchev–Trinajstić information content (AvgIpc) is 2.38. The molecule has 0 aliphatic heterocycles. The largest absolute Gasteiger partial charge is 0.493 e. The second kappa shape index (κ2) is 6.63. The Morgan fingerprint density at radius 3 is 2.58 bits per heavy atom. The standard InChI is InChI=1S/C13H17NO5/c1-4-19-11-7-9(5-6-10(11)18-3)12(15)14-8(2)13(16)17/h5-8H,4H2,1-3H3,(H,14,15)(H,16,17). The summed E-state index contributed by atoms with van der Waals surface area (Å²) in [6, 6.07) is 3.72. The maximum Gasteiger partial charge on any atom is 0.325 e. The number of nitrogens with one attached hydrogen (secondary N) is 1. The molecule has 1 unspecified atom stereocenters. The van der Waals surface area contributed by atoms with Crippen LogP contribution in [0.2, 0.25) is 0 Å². The van der Waals surface area contributed by atoms with Crippen LogP contribution in [0.3, 0.4) is 0 Å². The molecule has 0 spiro atoms. The van der Waals surface area contributed by atoms with Crippen molar-refractivity contribution in [3.63, 3.8) is 0 Å². The molecule has 0 radical (unpaired) electrons. The van der Waals surface area contributed by atoms with Crippen molar-refractivity contribution in [2.45, 2.75) is 19.9 Å². The molecule has 0 fully saturated rings. The SMILES string of the molecule is CCOc1cc(C(=O)NC(C)C(=O)O)ccc1OC. The molecule has 2 N–H and O–H groups in total. The molecule has 0 aliphatic carbocycles. The topological polar surface area (TPSA) is 84.9 Å². The Labute approximate surface area is 111 Å². The van der Waals surface area contributed by atoms with Gasteiger partial charge < -0.3 is 19.9 Å². The fourth-order valence-corrected chi connectivity index (χ4v) is 1.43. The van der Waals surface area contributed by atoms with Gasteiger partial charge in [0, 0.05) is 5.56 Å². The van der Waals surface area contributed by atoms with Gasteiger partial charge in [-0.1, -0.05) is 0 Å². The van der Waals surface area contributed by atoms with Crippen molar-refractivity contribution < 1.29 is 24.2 Å². The maximum atomic E-state index is 11.8. The second-order valence-corrected chi connectivity index (χ2v) is 3.83. The van der Waals surface area contributed by atoms with Crippen LogP contribution in [0.1, 0.15) is 24.2 Å². The Kier molecular flexibility index (Phi) is 5.17. The summed E-state index contributed by atoms with van der Waals surface area (Å²) in [6.07, 6.45) is 0. The lowest BCUT2D eigenvalue weighted by Crippen LogP contribution is -2.38. The van der Waals surface area contributed by atoms with Crippen LogP contribution < -0.4 is 14.8 Å². The van der Waals surface area contributed by atoms with Crippen LogP contribution in [0, 0.1) is 0 Å². The van der Waals surface area contributed by atoms with E-state index in [1.165, 1.54) is 20.1 Å². The van der Waals surface area contributed by atoms with Crippen LogP contribution in [-0.4, -0.2) is 36.7 Å². The number of ether oxygens (including phenoxy) is 2. The Morgan fingerprint density at radius 2 is 2.05 bits per heavy atom. The zero-order valence-electron chi connectivity index (χ0n) is 11.1. The van der Waals surface area contributed by atoms with E-state index in [-0.39, 0.29) is 0 Å². The van der Waals surface area contributed by atoms with Crippen LogP contribution in [0.5, 0.6) is 11.5 Å². The highest BCUT2D eigenvalue weighted by Crippen LogP contribution is 2.27. The molecule has 1 amide bonds. The van der Waals surface area contributed by atoms with Crippen molar-refractivity contribution in [3.8, 4) is 11.5 Å². The number of aliphatic carboxylic acids is 1. The van der Waals surface area contributed by atoms with Crippen molar-refractivity contribution in [1.82, 2.24) is 5.32 Å². The molecule has 0 saturated heterocycles. The molecule has 1 atom stereocenters. The smallest absolute Gasteiger partial charge is 0.325 e. The van der Waals surface area contributed by atoms with E-state index >= 15 is 0 Å². The van der Waals surface area contributed by atoms with Gasteiger partial charge in [-0.25, -0.2) is 0 Å². The van der Waals surface area contributed by atoms with Gasteiger partial charge in [-0.2, -0.15) is 0 Å². The molecule has 1 aromatic carbocycles. The Bertz CT molecular complexity index is 472. The molecule has 1 aromatic rings. The van der Waals surface area contributed by atoms with E-state index in [0.717, 1.165) is 0 Å². The van der Waals surface area contributed by atoms with Gasteiger partial charge in [0.15, 0.2) is 11.5 Å². The molecule has 0 heterocycles. The van der Waals surface area contributed by atoms with Crippen LogP contribution >= 0.6 is 0 Å². The zero-order valence-corrected chi connectivity index (χ0v) is 11.1. The predicted molar refractivity (Wildman–Crippen MR) is 68.7 cm³/mol. The lowest BCUT2D eigenvalue weighted by Gasteiger charge is -2.12. The lowest BCUT2D eigenvalue weighted by atomic mass is 10.1. The minimum absolute atomic E-state index is 0.317. The van der Waals surface area contributed by atoms with Crippen molar-refractivity contribution in [2.75, 3.05) is 13.7 Å². The fraction of sp³-hybridized carbons (Fsp3) is 0.385. The third-order valence-electron chi connectivity index (χ3n) is 2.44. The lowest BCUT2D eigenvalue weighted by molar-refractivity contribution is -0.138. The maximum absolute atomic E-state index is 11.8. The molecule has 0 saturated carbocycles. The third-order valence-corrected chi connectivity index (χ3v) is 2.44. The molecule has 0 bridgehead atoms. The van der Waals surface area contributed by atoms with Crippen molar-refractivity contribution >= 4 is 11.9 Å². The molecule has 6 heteroatoms. The third kappa shape index (κ3) is 3.87. The number of hydrogen-bond donors (Lipinski definition) is 2. The molecular weight excluding hydrogens is 250 g/mol. The fourth-order valence-electron chi connectivity index (χ4n) is 1.43. The number of carbonyl (C=O) groups is 2. The van der Waals surface area contributed by atoms with Crippen LogP contribution in [0.4, 0.5) is 0 Å². The Balaban J connectivity index is 2.91. The summed E-state index contributed by atoms with van der Waals surface area (Å²) in [4.78, 5) is 22.5. The van der Waals surface area contributed by atoms with Crippen molar-refractivity contribution in [1.29, 1.82) is 0 Å². The average molecular weight is 267 g/mol. The van der Waals surface area contributed by atoms with Gasteiger partial charge >= 0.3 is 5.97 Å². The summed E-state index contributed by atoms with van der Waals surface area (Å²) >= 11 is 0. The van der Waals surface area contributed by atoms with Crippen LogP contribution in [-0.2, 0) is 4.79 Å². The summed E-state index contributed by atoms with van der Waals surface area (Å²) < 4.78 is 10.5. The minimum Gasteiger partial charge on any atom is -0.493 e. The first-order valence-corrected chi connectivity index (χ1v) is 5.84. The van der Waals surface area contributed by atoms with Gasteiger partial charge in [0.25, 0.3) is 5.91 Å². The number of methoxy groups -OCH3 is 1. The molecule has 1 rings (SSSR count). The molecule has 6 nitrogen and oxygen atoms in total. The number of carboxylic acid groups (broad SMARTS) is 1. The minimum atomic E-state index is -1.09. The van der Waals surface area contributed by atoms with Gasteiger partial charge in [-0.3, -0.25) is 9.59 Å². The van der Waals surface area contributed by atoms with Gasteiger partial charge in [0.1, 0.15) is 6.04 Å². The highest BCUT2D eigenvalue weighted by atomic mass is 16.5. The first-order valence-electron chi connectivity index (χ1n) is 5.84. The Morgan fingerprint density at radius 1 is 1.37 bits per heavy atom. The highest BCUT2D eigenvalue weighted by Gasteiger charge is 2.16. The first-order chi connectivity index (χ1) is 8.99. The van der Waals surface area contributed by atoms with Gasteiger partial charge in [0.05, 0.1) is 13.7 Å². The van der Waals surface area contributed by atoms with Crippen LogP contribution in [0.15, 0.2) is 18.2 Å². The number of benzene rings is 1. The molecule has 19 heavy (non-hydrogen) atoms. The second-order valence-electron chi connectivity index (χ2n) is 3.83. The number of carbonyl (C=O) groups excluding carboxylic acids is 1. The van der Waals surface area contributed by atoms with Crippen molar-refractivity contribution in [3.05, 3.63) is 23.8 Å². The van der Waals surface area contributed by atoms with Crippen molar-refractivity contribution in [2.24, 2.45) is 0 Å². The quantitative estimate of drug-likeness (QED) is 0.811. The summed E-state index contributed by atoms with van der Waals surface area (Å²) in [5, 5.41) is 11.1. The van der Waals surface area contributed by atoms with Gasteiger partial charge in [0.2, 0.25) is 0 Å². The van der Waals surface area contributed by atoms with E-state index in [1.807, 2.05) is 6.92 Å². The number of carboxylic acids is 1. The van der Waals surface area contributed by atoms with E-state index in [9.17, 15) is 9.59 Å². The highest BCUT2D eigenvalue weighted by molar-refractivity contribution is 5.97. The van der Waals surface area contributed by atoms with E-state index in [2.05, 4.69) is 5.32 Å². The van der Waals surface area contributed by atoms with Crippen LogP contribution in [0.25, 0.3) is 0 Å². The number of hydrogen-bond acceptors (Lipinski definition) is 4. The zero-order chi connectivity index (χ0) is 14.4.